The molecule has 0 fully saturated rings. The Labute approximate surface area is 108 Å². The smallest absolute Gasteiger partial charge is 0.256 e. The molecule has 0 saturated carbocycles. The standard InChI is InChI=1S/C13H11BrN2O/c1-9-8-10(5-6-11(9)14)13(17)16-12-4-2-3-7-15-12/h2-8H,1H3,(H,15,16,17). The summed E-state index contributed by atoms with van der Waals surface area (Å²) in [6.07, 6.45) is 1.64. The van der Waals surface area contributed by atoms with Crippen LogP contribution in [0, 0.1) is 6.92 Å². The lowest BCUT2D eigenvalue weighted by Gasteiger charge is -2.05. The molecule has 0 unspecified atom stereocenters. The molecule has 0 spiro atoms. The predicted octanol–water partition coefficient (Wildman–Crippen LogP) is 3.40. The number of hydrogen-bond donors (Lipinski definition) is 1. The first-order chi connectivity index (χ1) is 8.16. The molecule has 0 radical (unpaired) electrons. The fourth-order valence-electron chi connectivity index (χ4n) is 1.41. The summed E-state index contributed by atoms with van der Waals surface area (Å²) in [6.45, 7) is 1.95. The third-order valence-corrected chi connectivity index (χ3v) is 3.22. The molecule has 0 saturated heterocycles. The zero-order valence-electron chi connectivity index (χ0n) is 9.27. The number of pyridine rings is 1. The van der Waals surface area contributed by atoms with Crippen molar-refractivity contribution in [3.8, 4) is 0 Å². The third-order valence-electron chi connectivity index (χ3n) is 2.33. The van der Waals surface area contributed by atoms with Gasteiger partial charge in [-0.3, -0.25) is 4.79 Å². The summed E-state index contributed by atoms with van der Waals surface area (Å²) in [5.74, 6) is 0.400. The number of rotatable bonds is 2. The number of benzene rings is 1. The summed E-state index contributed by atoms with van der Waals surface area (Å²) in [5.41, 5.74) is 1.65. The van der Waals surface area contributed by atoms with E-state index in [9.17, 15) is 4.79 Å². The fourth-order valence-corrected chi connectivity index (χ4v) is 1.66. The molecule has 4 heteroatoms. The molecule has 1 aromatic heterocycles. The van der Waals surface area contributed by atoms with Gasteiger partial charge < -0.3 is 5.32 Å². The summed E-state index contributed by atoms with van der Waals surface area (Å²) in [7, 11) is 0. The first-order valence-electron chi connectivity index (χ1n) is 5.15. The molecule has 2 aromatic rings. The van der Waals surface area contributed by atoms with E-state index < -0.39 is 0 Å². The molecular formula is C13H11BrN2O. The van der Waals surface area contributed by atoms with Crippen molar-refractivity contribution in [3.05, 3.63) is 58.2 Å². The fraction of sp³-hybridized carbons (Fsp3) is 0.0769. The highest BCUT2D eigenvalue weighted by molar-refractivity contribution is 9.10. The van der Waals surface area contributed by atoms with E-state index in [1.807, 2.05) is 25.1 Å². The molecule has 0 aliphatic carbocycles. The van der Waals surface area contributed by atoms with Crippen molar-refractivity contribution in [1.82, 2.24) is 4.98 Å². The van der Waals surface area contributed by atoms with Crippen molar-refractivity contribution in [2.24, 2.45) is 0 Å². The Morgan fingerprint density at radius 3 is 2.76 bits per heavy atom. The van der Waals surface area contributed by atoms with Crippen LogP contribution in [-0.4, -0.2) is 10.9 Å². The van der Waals surface area contributed by atoms with E-state index in [0.29, 0.717) is 11.4 Å². The summed E-state index contributed by atoms with van der Waals surface area (Å²) in [6, 6.07) is 10.9. The second-order valence-corrected chi connectivity index (χ2v) is 4.49. The van der Waals surface area contributed by atoms with Gasteiger partial charge in [0.2, 0.25) is 0 Å². The van der Waals surface area contributed by atoms with Gasteiger partial charge in [-0.05, 0) is 42.8 Å². The van der Waals surface area contributed by atoms with Crippen LogP contribution in [0.25, 0.3) is 0 Å². The monoisotopic (exact) mass is 290 g/mol. The lowest BCUT2D eigenvalue weighted by atomic mass is 10.1. The Morgan fingerprint density at radius 2 is 2.12 bits per heavy atom. The molecule has 17 heavy (non-hydrogen) atoms. The first-order valence-corrected chi connectivity index (χ1v) is 5.94. The van der Waals surface area contributed by atoms with E-state index >= 15 is 0 Å². The lowest BCUT2D eigenvalue weighted by Crippen LogP contribution is -2.12. The zero-order chi connectivity index (χ0) is 12.3. The minimum Gasteiger partial charge on any atom is -0.307 e. The molecule has 0 bridgehead atoms. The largest absolute Gasteiger partial charge is 0.307 e. The van der Waals surface area contributed by atoms with Crippen LogP contribution in [0.2, 0.25) is 0 Å². The molecule has 0 atom stereocenters. The van der Waals surface area contributed by atoms with Crippen LogP contribution in [0.3, 0.4) is 0 Å². The number of halogens is 1. The SMILES string of the molecule is Cc1cc(C(=O)Nc2ccccn2)ccc1Br. The summed E-state index contributed by atoms with van der Waals surface area (Å²) >= 11 is 3.40. The van der Waals surface area contributed by atoms with Crippen molar-refractivity contribution in [2.45, 2.75) is 6.92 Å². The summed E-state index contributed by atoms with van der Waals surface area (Å²) in [4.78, 5) is 16.0. The van der Waals surface area contributed by atoms with E-state index in [1.54, 1.807) is 24.4 Å². The van der Waals surface area contributed by atoms with Crippen LogP contribution in [0.15, 0.2) is 47.1 Å². The van der Waals surface area contributed by atoms with Crippen LogP contribution in [0.4, 0.5) is 5.82 Å². The number of amides is 1. The number of carbonyl (C=O) groups is 1. The Bertz CT molecular complexity index is 540. The quantitative estimate of drug-likeness (QED) is 0.921. The maximum Gasteiger partial charge on any atom is 0.256 e. The van der Waals surface area contributed by atoms with Crippen LogP contribution < -0.4 is 5.32 Å². The number of aromatic nitrogens is 1. The number of hydrogen-bond acceptors (Lipinski definition) is 2. The molecule has 2 rings (SSSR count). The average Bonchev–Trinajstić information content (AvgIpc) is 2.34. The minimum atomic E-state index is -0.153. The van der Waals surface area contributed by atoms with Gasteiger partial charge in [-0.2, -0.15) is 0 Å². The molecule has 1 aromatic carbocycles. The van der Waals surface area contributed by atoms with Gasteiger partial charge in [0.1, 0.15) is 5.82 Å². The Hall–Kier alpha value is -1.68. The van der Waals surface area contributed by atoms with Crippen LogP contribution in [0.5, 0.6) is 0 Å². The average molecular weight is 291 g/mol. The van der Waals surface area contributed by atoms with E-state index in [4.69, 9.17) is 0 Å². The van der Waals surface area contributed by atoms with Gasteiger partial charge in [-0.25, -0.2) is 4.98 Å². The highest BCUT2D eigenvalue weighted by Crippen LogP contribution is 2.17. The molecule has 3 nitrogen and oxygen atoms in total. The van der Waals surface area contributed by atoms with Crippen molar-refractivity contribution in [1.29, 1.82) is 0 Å². The van der Waals surface area contributed by atoms with E-state index in [1.165, 1.54) is 0 Å². The van der Waals surface area contributed by atoms with E-state index in [-0.39, 0.29) is 5.91 Å². The number of aryl methyl sites for hydroxylation is 1. The van der Waals surface area contributed by atoms with Gasteiger partial charge in [0.15, 0.2) is 0 Å². The minimum absolute atomic E-state index is 0.153. The van der Waals surface area contributed by atoms with Gasteiger partial charge in [-0.1, -0.05) is 22.0 Å². The van der Waals surface area contributed by atoms with Crippen molar-refractivity contribution in [2.75, 3.05) is 5.32 Å². The lowest BCUT2D eigenvalue weighted by molar-refractivity contribution is 0.102. The number of nitrogens with zero attached hydrogens (tertiary/aromatic N) is 1. The summed E-state index contributed by atoms with van der Waals surface area (Å²) in [5, 5.41) is 2.74. The molecular weight excluding hydrogens is 280 g/mol. The molecule has 1 heterocycles. The molecule has 0 aliphatic rings. The van der Waals surface area contributed by atoms with Gasteiger partial charge in [0, 0.05) is 16.2 Å². The van der Waals surface area contributed by atoms with Gasteiger partial charge in [-0.15, -0.1) is 0 Å². The first kappa shape index (κ1) is 11.8. The van der Waals surface area contributed by atoms with E-state index in [0.717, 1.165) is 10.0 Å². The van der Waals surface area contributed by atoms with Crippen molar-refractivity contribution in [3.63, 3.8) is 0 Å². The second-order valence-electron chi connectivity index (χ2n) is 3.63. The third kappa shape index (κ3) is 2.91. The van der Waals surface area contributed by atoms with Crippen LogP contribution in [0.1, 0.15) is 15.9 Å². The maximum absolute atomic E-state index is 11.9. The topological polar surface area (TPSA) is 42.0 Å². The highest BCUT2D eigenvalue weighted by Gasteiger charge is 2.07. The summed E-state index contributed by atoms with van der Waals surface area (Å²) < 4.78 is 0.992. The normalized spacial score (nSPS) is 10.0. The van der Waals surface area contributed by atoms with Gasteiger partial charge in [0.25, 0.3) is 5.91 Å². The molecule has 1 amide bonds. The van der Waals surface area contributed by atoms with Crippen molar-refractivity contribution >= 4 is 27.7 Å². The van der Waals surface area contributed by atoms with Crippen LogP contribution in [-0.2, 0) is 0 Å². The molecule has 1 N–H and O–H groups in total. The van der Waals surface area contributed by atoms with Gasteiger partial charge in [0.05, 0.1) is 0 Å². The Balaban J connectivity index is 2.18. The Kier molecular flexibility index (Phi) is 3.54. The van der Waals surface area contributed by atoms with E-state index in [2.05, 4.69) is 26.2 Å². The number of anilines is 1. The van der Waals surface area contributed by atoms with Crippen molar-refractivity contribution < 1.29 is 4.79 Å². The van der Waals surface area contributed by atoms with Crippen LogP contribution >= 0.6 is 15.9 Å². The number of nitrogens with one attached hydrogen (secondary N) is 1. The zero-order valence-corrected chi connectivity index (χ0v) is 10.9. The molecule has 86 valence electrons. The Morgan fingerprint density at radius 1 is 1.29 bits per heavy atom. The maximum atomic E-state index is 11.9. The highest BCUT2D eigenvalue weighted by atomic mass is 79.9. The molecule has 0 aliphatic heterocycles. The second kappa shape index (κ2) is 5.10. The predicted molar refractivity (Wildman–Crippen MR) is 71.1 cm³/mol. The number of carbonyl (C=O) groups excluding carboxylic acids is 1. The van der Waals surface area contributed by atoms with Gasteiger partial charge >= 0.3 is 0 Å².